The monoisotopic (exact) mass is 378 g/mol. The maximum absolute atomic E-state index is 12.5. The van der Waals surface area contributed by atoms with Crippen LogP contribution in [0.4, 0.5) is 11.6 Å². The molecule has 0 radical (unpaired) electrons. The van der Waals surface area contributed by atoms with Gasteiger partial charge >= 0.3 is 0 Å². The molecule has 7 nitrogen and oxygen atoms in total. The van der Waals surface area contributed by atoms with Gasteiger partial charge in [0.05, 0.1) is 6.54 Å². The first-order chi connectivity index (χ1) is 13.6. The average molecular weight is 378 g/mol. The molecule has 1 aliphatic rings. The Morgan fingerprint density at radius 2 is 1.86 bits per heavy atom. The van der Waals surface area contributed by atoms with E-state index in [0.717, 1.165) is 49.7 Å². The average Bonchev–Trinajstić information content (AvgIpc) is 3.03. The van der Waals surface area contributed by atoms with Crippen LogP contribution in [0.1, 0.15) is 12.6 Å². The molecule has 4 rings (SSSR count). The molecule has 0 saturated carbocycles. The lowest BCUT2D eigenvalue weighted by Gasteiger charge is -2.34. The molecule has 0 aliphatic carbocycles. The van der Waals surface area contributed by atoms with E-state index in [-0.39, 0.29) is 5.91 Å². The first-order valence-corrected chi connectivity index (χ1v) is 9.78. The number of amides is 1. The zero-order valence-corrected chi connectivity index (χ0v) is 16.4. The summed E-state index contributed by atoms with van der Waals surface area (Å²) in [4.78, 5) is 25.4. The maximum Gasteiger partial charge on any atom is 0.238 e. The van der Waals surface area contributed by atoms with Gasteiger partial charge in [0, 0.05) is 67.4 Å². The molecule has 1 amide bonds. The number of carbonyl (C=O) groups excluding carboxylic acids is 1. The SMILES string of the molecule is CCn1c(C)cc2cc(NC(=O)CN3CCN(c4ncccn4)CC3)ccc21. The lowest BCUT2D eigenvalue weighted by atomic mass is 10.2. The quantitative estimate of drug-likeness (QED) is 0.739. The van der Waals surface area contributed by atoms with Gasteiger partial charge in [0.1, 0.15) is 0 Å². The van der Waals surface area contributed by atoms with Crippen molar-refractivity contribution < 1.29 is 4.79 Å². The molecule has 1 N–H and O–H groups in total. The van der Waals surface area contributed by atoms with Gasteiger partial charge in [0.2, 0.25) is 11.9 Å². The first-order valence-electron chi connectivity index (χ1n) is 9.78. The van der Waals surface area contributed by atoms with E-state index in [9.17, 15) is 4.79 Å². The highest BCUT2D eigenvalue weighted by Crippen LogP contribution is 2.23. The fourth-order valence-electron chi connectivity index (χ4n) is 3.87. The maximum atomic E-state index is 12.5. The number of aryl methyl sites for hydroxylation is 2. The molecule has 3 heterocycles. The van der Waals surface area contributed by atoms with E-state index < -0.39 is 0 Å². The standard InChI is InChI=1S/C21H26N6O/c1-3-27-16(2)13-17-14-18(5-6-19(17)27)24-20(28)15-25-9-11-26(12-10-25)21-22-7-4-8-23-21/h4-8,13-14H,3,9-12,15H2,1-2H3,(H,24,28). The van der Waals surface area contributed by atoms with E-state index in [1.165, 1.54) is 11.2 Å². The molecule has 1 aliphatic heterocycles. The lowest BCUT2D eigenvalue weighted by Crippen LogP contribution is -2.49. The lowest BCUT2D eigenvalue weighted by molar-refractivity contribution is -0.117. The summed E-state index contributed by atoms with van der Waals surface area (Å²) >= 11 is 0. The Labute approximate surface area is 165 Å². The molecular weight excluding hydrogens is 352 g/mol. The van der Waals surface area contributed by atoms with Crippen LogP contribution in [0.2, 0.25) is 0 Å². The molecule has 146 valence electrons. The van der Waals surface area contributed by atoms with Gasteiger partial charge in [-0.05, 0) is 44.2 Å². The van der Waals surface area contributed by atoms with Crippen LogP contribution in [-0.4, -0.2) is 58.1 Å². The van der Waals surface area contributed by atoms with Gasteiger partial charge in [-0.25, -0.2) is 9.97 Å². The van der Waals surface area contributed by atoms with Crippen LogP contribution in [0.15, 0.2) is 42.7 Å². The van der Waals surface area contributed by atoms with E-state index >= 15 is 0 Å². The van der Waals surface area contributed by atoms with Crippen LogP contribution < -0.4 is 10.2 Å². The van der Waals surface area contributed by atoms with Crippen molar-refractivity contribution in [1.29, 1.82) is 0 Å². The Kier molecular flexibility index (Phi) is 5.25. The zero-order chi connectivity index (χ0) is 19.5. The van der Waals surface area contributed by atoms with Crippen LogP contribution in [0.25, 0.3) is 10.9 Å². The molecule has 0 spiro atoms. The molecule has 1 saturated heterocycles. The van der Waals surface area contributed by atoms with Gasteiger partial charge in [0.15, 0.2) is 0 Å². The number of hydrogen-bond acceptors (Lipinski definition) is 5. The molecule has 0 bridgehead atoms. The Balaban J connectivity index is 1.33. The second-order valence-electron chi connectivity index (χ2n) is 7.16. The third-order valence-corrected chi connectivity index (χ3v) is 5.28. The summed E-state index contributed by atoms with van der Waals surface area (Å²) in [5.41, 5.74) is 3.29. The second-order valence-corrected chi connectivity index (χ2v) is 7.16. The highest BCUT2D eigenvalue weighted by Gasteiger charge is 2.20. The Bertz CT molecular complexity index is 960. The van der Waals surface area contributed by atoms with E-state index in [2.05, 4.69) is 61.7 Å². The predicted molar refractivity (Wildman–Crippen MR) is 112 cm³/mol. The molecule has 1 fully saturated rings. The fourth-order valence-corrected chi connectivity index (χ4v) is 3.87. The van der Waals surface area contributed by atoms with Gasteiger partial charge in [-0.1, -0.05) is 0 Å². The summed E-state index contributed by atoms with van der Waals surface area (Å²) in [6, 6.07) is 10.1. The molecule has 0 unspecified atom stereocenters. The van der Waals surface area contributed by atoms with Gasteiger partial charge in [-0.3, -0.25) is 9.69 Å². The minimum Gasteiger partial charge on any atom is -0.345 e. The van der Waals surface area contributed by atoms with Crippen LogP contribution in [0.5, 0.6) is 0 Å². The predicted octanol–water partition coefficient (Wildman–Crippen LogP) is 2.52. The number of piperazine rings is 1. The van der Waals surface area contributed by atoms with Gasteiger partial charge in [0.25, 0.3) is 0 Å². The Morgan fingerprint density at radius 3 is 2.57 bits per heavy atom. The molecule has 7 heteroatoms. The van der Waals surface area contributed by atoms with Gasteiger partial charge in [-0.2, -0.15) is 0 Å². The van der Waals surface area contributed by atoms with Crippen molar-refractivity contribution >= 4 is 28.4 Å². The third kappa shape index (κ3) is 3.84. The van der Waals surface area contributed by atoms with Crippen LogP contribution in [-0.2, 0) is 11.3 Å². The van der Waals surface area contributed by atoms with Crippen molar-refractivity contribution in [3.63, 3.8) is 0 Å². The number of fused-ring (bicyclic) bond motifs is 1. The number of rotatable bonds is 5. The van der Waals surface area contributed by atoms with Crippen molar-refractivity contribution in [1.82, 2.24) is 19.4 Å². The van der Waals surface area contributed by atoms with Crippen molar-refractivity contribution in [3.8, 4) is 0 Å². The minimum absolute atomic E-state index is 0.0235. The smallest absolute Gasteiger partial charge is 0.238 e. The topological polar surface area (TPSA) is 66.3 Å². The minimum atomic E-state index is 0.0235. The van der Waals surface area contributed by atoms with Crippen molar-refractivity contribution in [2.75, 3.05) is 42.9 Å². The summed E-state index contributed by atoms with van der Waals surface area (Å²) in [6.07, 6.45) is 3.52. The molecule has 0 atom stereocenters. The van der Waals surface area contributed by atoms with Gasteiger partial charge in [-0.15, -0.1) is 0 Å². The summed E-state index contributed by atoms with van der Waals surface area (Å²) in [6.45, 7) is 8.90. The number of carbonyl (C=O) groups is 1. The third-order valence-electron chi connectivity index (χ3n) is 5.28. The zero-order valence-electron chi connectivity index (χ0n) is 16.4. The number of nitrogens with zero attached hydrogens (tertiary/aromatic N) is 5. The van der Waals surface area contributed by atoms with Gasteiger partial charge < -0.3 is 14.8 Å². The highest BCUT2D eigenvalue weighted by molar-refractivity contribution is 5.95. The number of anilines is 2. The highest BCUT2D eigenvalue weighted by atomic mass is 16.2. The molecule has 3 aromatic rings. The molecule has 1 aromatic carbocycles. The number of aromatic nitrogens is 3. The van der Waals surface area contributed by atoms with Crippen LogP contribution in [0, 0.1) is 6.92 Å². The number of benzene rings is 1. The van der Waals surface area contributed by atoms with Crippen LogP contribution >= 0.6 is 0 Å². The summed E-state index contributed by atoms with van der Waals surface area (Å²) in [5, 5.41) is 4.20. The number of hydrogen-bond donors (Lipinski definition) is 1. The largest absolute Gasteiger partial charge is 0.345 e. The van der Waals surface area contributed by atoms with Crippen molar-refractivity contribution in [2.24, 2.45) is 0 Å². The summed E-state index contributed by atoms with van der Waals surface area (Å²) in [7, 11) is 0. The van der Waals surface area contributed by atoms with Crippen LogP contribution in [0.3, 0.4) is 0 Å². The fraction of sp³-hybridized carbons (Fsp3) is 0.381. The van der Waals surface area contributed by atoms with E-state index in [1.54, 1.807) is 12.4 Å². The summed E-state index contributed by atoms with van der Waals surface area (Å²) in [5.74, 6) is 0.782. The Morgan fingerprint density at radius 1 is 1.11 bits per heavy atom. The van der Waals surface area contributed by atoms with Crippen molar-refractivity contribution in [3.05, 3.63) is 48.4 Å². The first kappa shape index (κ1) is 18.4. The van der Waals surface area contributed by atoms with E-state index in [0.29, 0.717) is 6.54 Å². The summed E-state index contributed by atoms with van der Waals surface area (Å²) < 4.78 is 2.27. The molecule has 28 heavy (non-hydrogen) atoms. The van der Waals surface area contributed by atoms with E-state index in [4.69, 9.17) is 0 Å². The van der Waals surface area contributed by atoms with E-state index in [1.807, 2.05) is 12.1 Å². The Hall–Kier alpha value is -2.93. The molecule has 2 aromatic heterocycles. The number of nitrogens with one attached hydrogen (secondary N) is 1. The normalized spacial score (nSPS) is 15.1. The molecular formula is C21H26N6O. The van der Waals surface area contributed by atoms with Crippen molar-refractivity contribution in [2.45, 2.75) is 20.4 Å². The second kappa shape index (κ2) is 7.98.